The van der Waals surface area contributed by atoms with E-state index in [1.165, 1.54) is 12.1 Å². The molecule has 0 bridgehead atoms. The van der Waals surface area contributed by atoms with Crippen LogP contribution < -0.4 is 5.73 Å². The van der Waals surface area contributed by atoms with Crippen LogP contribution in [-0.2, 0) is 11.2 Å². The van der Waals surface area contributed by atoms with Gasteiger partial charge in [0, 0.05) is 18.7 Å². The fourth-order valence-electron chi connectivity index (χ4n) is 1.60. The first kappa shape index (κ1) is 15.4. The fourth-order valence-corrected chi connectivity index (χ4v) is 1.60. The van der Waals surface area contributed by atoms with Crippen LogP contribution in [0.3, 0.4) is 0 Å². The average Bonchev–Trinajstić information content (AvgIpc) is 2.34. The minimum Gasteiger partial charge on any atom is -0.335 e. The lowest BCUT2D eigenvalue weighted by Gasteiger charge is -2.21. The van der Waals surface area contributed by atoms with Gasteiger partial charge < -0.3 is 10.6 Å². The molecule has 0 fully saturated rings. The third-order valence-electron chi connectivity index (χ3n) is 2.48. The molecule has 0 unspecified atom stereocenters. The molecule has 0 saturated carbocycles. The van der Waals surface area contributed by atoms with Gasteiger partial charge in [-0.2, -0.15) is 0 Å². The Morgan fingerprint density at radius 1 is 1.32 bits per heavy atom. The topological polar surface area (TPSA) is 46.3 Å². The first-order valence-electron chi connectivity index (χ1n) is 5.64. The van der Waals surface area contributed by atoms with E-state index in [1.807, 2.05) is 0 Å². The number of amides is 1. The Morgan fingerprint density at radius 2 is 2.00 bits per heavy atom. The van der Waals surface area contributed by atoms with Crippen molar-refractivity contribution in [2.75, 3.05) is 19.6 Å². The summed E-state index contributed by atoms with van der Waals surface area (Å²) in [6.07, 6.45) is -3.18. The van der Waals surface area contributed by atoms with Crippen molar-refractivity contribution in [3.63, 3.8) is 0 Å². The van der Waals surface area contributed by atoms with Gasteiger partial charge >= 0.3 is 0 Å². The molecule has 3 nitrogen and oxygen atoms in total. The Bertz CT molecular complexity index is 440. The zero-order valence-corrected chi connectivity index (χ0v) is 10.1. The molecule has 19 heavy (non-hydrogen) atoms. The lowest BCUT2D eigenvalue weighted by atomic mass is 10.1. The molecular weight excluding hydrogens is 264 g/mol. The van der Waals surface area contributed by atoms with Gasteiger partial charge in [-0.25, -0.2) is 17.6 Å². The van der Waals surface area contributed by atoms with Crippen LogP contribution in [-0.4, -0.2) is 36.9 Å². The van der Waals surface area contributed by atoms with Crippen LogP contribution in [0.15, 0.2) is 18.2 Å². The molecule has 0 aliphatic heterocycles. The first-order valence-corrected chi connectivity index (χ1v) is 5.64. The highest BCUT2D eigenvalue weighted by atomic mass is 19.3. The van der Waals surface area contributed by atoms with Crippen molar-refractivity contribution >= 4 is 5.91 Å². The Morgan fingerprint density at radius 3 is 2.58 bits per heavy atom. The number of hydrogen-bond donors (Lipinski definition) is 1. The molecule has 7 heteroatoms. The predicted octanol–water partition coefficient (Wildman–Crippen LogP) is 1.56. The summed E-state index contributed by atoms with van der Waals surface area (Å²) in [4.78, 5) is 12.6. The summed E-state index contributed by atoms with van der Waals surface area (Å²) in [6, 6.07) is 3.40. The van der Waals surface area contributed by atoms with Crippen LogP contribution in [0.4, 0.5) is 17.6 Å². The smallest absolute Gasteiger partial charge is 0.255 e. The maximum Gasteiger partial charge on any atom is 0.255 e. The van der Waals surface area contributed by atoms with Crippen LogP contribution in [0.2, 0.25) is 0 Å². The van der Waals surface area contributed by atoms with Crippen LogP contribution in [0.25, 0.3) is 0 Å². The molecule has 0 spiro atoms. The summed E-state index contributed by atoms with van der Waals surface area (Å²) in [6.45, 7) is -0.808. The van der Waals surface area contributed by atoms with Crippen molar-refractivity contribution in [3.05, 3.63) is 35.4 Å². The highest BCUT2D eigenvalue weighted by Crippen LogP contribution is 2.13. The molecule has 0 heterocycles. The molecule has 1 rings (SSSR count). The predicted molar refractivity (Wildman–Crippen MR) is 61.7 cm³/mol. The van der Waals surface area contributed by atoms with Gasteiger partial charge in [-0.05, 0) is 6.07 Å². The number of halogens is 4. The van der Waals surface area contributed by atoms with Crippen molar-refractivity contribution in [1.82, 2.24) is 4.90 Å². The number of hydrogen-bond acceptors (Lipinski definition) is 2. The third-order valence-corrected chi connectivity index (χ3v) is 2.48. The monoisotopic (exact) mass is 278 g/mol. The van der Waals surface area contributed by atoms with Crippen molar-refractivity contribution in [3.8, 4) is 0 Å². The zero-order valence-electron chi connectivity index (χ0n) is 10.1. The molecule has 0 radical (unpaired) electrons. The number of carbonyl (C=O) groups is 1. The molecule has 0 atom stereocenters. The number of nitrogens with two attached hydrogens (primary N) is 1. The number of carbonyl (C=O) groups excluding carboxylic acids is 1. The average molecular weight is 278 g/mol. The van der Waals surface area contributed by atoms with Crippen LogP contribution in [0.1, 0.15) is 5.56 Å². The summed E-state index contributed by atoms with van der Waals surface area (Å²) in [7, 11) is 0. The molecule has 0 aliphatic carbocycles. The number of benzene rings is 1. The Hall–Kier alpha value is -1.63. The molecule has 106 valence electrons. The second-order valence-corrected chi connectivity index (χ2v) is 3.91. The summed E-state index contributed by atoms with van der Waals surface area (Å²) in [5.74, 6) is -2.93. The summed E-state index contributed by atoms with van der Waals surface area (Å²) in [5, 5.41) is 0. The van der Waals surface area contributed by atoms with E-state index in [0.29, 0.717) is 0 Å². The van der Waals surface area contributed by atoms with Gasteiger partial charge in [0.25, 0.3) is 6.43 Å². The molecule has 1 amide bonds. The minimum absolute atomic E-state index is 0.0179. The van der Waals surface area contributed by atoms with Crippen molar-refractivity contribution < 1.29 is 22.4 Å². The molecular formula is C12H14F4N2O. The third kappa shape index (κ3) is 4.51. The molecule has 2 N–H and O–H groups in total. The number of rotatable bonds is 6. The van der Waals surface area contributed by atoms with Gasteiger partial charge in [0.1, 0.15) is 0 Å². The van der Waals surface area contributed by atoms with Crippen molar-refractivity contribution in [2.45, 2.75) is 12.8 Å². The van der Waals surface area contributed by atoms with E-state index in [4.69, 9.17) is 5.73 Å². The van der Waals surface area contributed by atoms with Crippen LogP contribution in [0, 0.1) is 11.6 Å². The Labute approximate surface area is 108 Å². The maximum absolute atomic E-state index is 13.4. The normalized spacial score (nSPS) is 10.8. The van der Waals surface area contributed by atoms with E-state index < -0.39 is 36.9 Å². The van der Waals surface area contributed by atoms with E-state index in [1.54, 1.807) is 0 Å². The molecule has 0 saturated heterocycles. The van der Waals surface area contributed by atoms with Gasteiger partial charge in [0.05, 0.1) is 13.0 Å². The number of alkyl halides is 2. The zero-order chi connectivity index (χ0) is 14.4. The maximum atomic E-state index is 13.4. The summed E-state index contributed by atoms with van der Waals surface area (Å²) < 4.78 is 50.9. The van der Waals surface area contributed by atoms with Gasteiger partial charge in [0.15, 0.2) is 11.6 Å². The quantitative estimate of drug-likeness (QED) is 0.803. The second kappa shape index (κ2) is 7.08. The van der Waals surface area contributed by atoms with E-state index in [2.05, 4.69) is 0 Å². The van der Waals surface area contributed by atoms with Gasteiger partial charge in [0.2, 0.25) is 5.91 Å². The highest BCUT2D eigenvalue weighted by molar-refractivity contribution is 5.78. The van der Waals surface area contributed by atoms with Crippen molar-refractivity contribution in [1.29, 1.82) is 0 Å². The van der Waals surface area contributed by atoms with Gasteiger partial charge in [-0.3, -0.25) is 4.79 Å². The summed E-state index contributed by atoms with van der Waals surface area (Å²) >= 11 is 0. The lowest BCUT2D eigenvalue weighted by Crippen LogP contribution is -2.39. The second-order valence-electron chi connectivity index (χ2n) is 3.91. The lowest BCUT2D eigenvalue weighted by molar-refractivity contribution is -0.132. The van der Waals surface area contributed by atoms with Crippen LogP contribution in [0.5, 0.6) is 0 Å². The number of nitrogens with zero attached hydrogens (tertiary/aromatic N) is 1. The highest BCUT2D eigenvalue weighted by Gasteiger charge is 2.19. The standard InChI is InChI=1S/C12H14F4N2O/c13-9-3-1-2-8(12(9)16)6-11(19)18(5-4-17)7-10(14)15/h1-3,10H,4-7,17H2. The van der Waals surface area contributed by atoms with Gasteiger partial charge in [-0.1, -0.05) is 12.1 Å². The summed E-state index contributed by atoms with van der Waals surface area (Å²) in [5.41, 5.74) is 5.05. The van der Waals surface area contributed by atoms with Gasteiger partial charge in [-0.15, -0.1) is 0 Å². The fraction of sp³-hybridized carbons (Fsp3) is 0.417. The SMILES string of the molecule is NCCN(CC(F)F)C(=O)Cc1cccc(F)c1F. The van der Waals surface area contributed by atoms with Crippen LogP contribution >= 0.6 is 0 Å². The largest absolute Gasteiger partial charge is 0.335 e. The van der Waals surface area contributed by atoms with E-state index >= 15 is 0 Å². The van der Waals surface area contributed by atoms with E-state index in [-0.39, 0.29) is 18.7 Å². The molecule has 1 aromatic carbocycles. The van der Waals surface area contributed by atoms with Crippen molar-refractivity contribution in [2.24, 2.45) is 5.73 Å². The molecule has 0 aromatic heterocycles. The molecule has 1 aromatic rings. The Balaban J connectivity index is 2.78. The molecule has 0 aliphatic rings. The minimum atomic E-state index is -2.70. The van der Waals surface area contributed by atoms with E-state index in [9.17, 15) is 22.4 Å². The first-order chi connectivity index (χ1) is 8.95. The Kier molecular flexibility index (Phi) is 5.75. The van der Waals surface area contributed by atoms with E-state index in [0.717, 1.165) is 11.0 Å².